The monoisotopic (exact) mass is 177 g/mol. The van der Waals surface area contributed by atoms with Crippen molar-refractivity contribution in [1.29, 1.82) is 0 Å². The third-order valence-electron chi connectivity index (χ3n) is 2.16. The van der Waals surface area contributed by atoms with Gasteiger partial charge in [0.05, 0.1) is 0 Å². The number of nitrogens with zero attached hydrogens (tertiary/aromatic N) is 1. The fraction of sp³-hybridized carbons (Fsp3) is 0.500. The number of benzene rings is 1. The summed E-state index contributed by atoms with van der Waals surface area (Å²) in [6.07, 6.45) is 0. The highest BCUT2D eigenvalue weighted by atomic mass is 15.0. The Morgan fingerprint density at radius 2 is 1.77 bits per heavy atom. The molecule has 1 aromatic rings. The van der Waals surface area contributed by atoms with Crippen molar-refractivity contribution < 1.29 is 0 Å². The molecule has 72 valence electrons. The van der Waals surface area contributed by atoms with E-state index >= 15 is 0 Å². The van der Waals surface area contributed by atoms with Gasteiger partial charge in [0.2, 0.25) is 0 Å². The van der Waals surface area contributed by atoms with Gasteiger partial charge in [0.1, 0.15) is 0 Å². The van der Waals surface area contributed by atoms with Crippen LogP contribution < -0.4 is 0 Å². The van der Waals surface area contributed by atoms with Crippen LogP contribution in [0.3, 0.4) is 0 Å². The molecule has 0 aromatic heterocycles. The largest absolute Gasteiger partial charge is 0.305 e. The Hall–Kier alpha value is -0.820. The van der Waals surface area contributed by atoms with Crippen molar-refractivity contribution in [2.24, 2.45) is 0 Å². The molecular weight excluding hydrogens is 158 g/mol. The van der Waals surface area contributed by atoms with E-state index in [2.05, 4.69) is 57.1 Å². The molecule has 0 amide bonds. The van der Waals surface area contributed by atoms with Gasteiger partial charge in [0.15, 0.2) is 0 Å². The third kappa shape index (κ3) is 2.85. The van der Waals surface area contributed by atoms with Gasteiger partial charge in [0.25, 0.3) is 0 Å². The van der Waals surface area contributed by atoms with Crippen LogP contribution in [0, 0.1) is 0 Å². The molecule has 0 atom stereocenters. The minimum absolute atomic E-state index is 0.621. The first kappa shape index (κ1) is 10.3. The zero-order chi connectivity index (χ0) is 9.84. The van der Waals surface area contributed by atoms with Gasteiger partial charge in [0, 0.05) is 6.54 Å². The van der Waals surface area contributed by atoms with Gasteiger partial charge in [-0.1, -0.05) is 38.1 Å². The highest BCUT2D eigenvalue weighted by molar-refractivity contribution is 5.29. The zero-order valence-electron chi connectivity index (χ0n) is 9.04. The van der Waals surface area contributed by atoms with E-state index in [0.717, 1.165) is 6.54 Å². The van der Waals surface area contributed by atoms with Crippen LogP contribution in [0.1, 0.15) is 30.9 Å². The van der Waals surface area contributed by atoms with E-state index in [4.69, 9.17) is 0 Å². The van der Waals surface area contributed by atoms with Crippen LogP contribution in [-0.2, 0) is 6.54 Å². The molecule has 1 nitrogen and oxygen atoms in total. The maximum absolute atomic E-state index is 2.24. The van der Waals surface area contributed by atoms with Gasteiger partial charge < -0.3 is 4.90 Å². The summed E-state index contributed by atoms with van der Waals surface area (Å²) in [4.78, 5) is 2.21. The average Bonchev–Trinajstić information content (AvgIpc) is 2.03. The first-order valence-corrected chi connectivity index (χ1v) is 4.83. The summed E-state index contributed by atoms with van der Waals surface area (Å²) >= 11 is 0. The summed E-state index contributed by atoms with van der Waals surface area (Å²) in [5.74, 6) is 0.621. The maximum Gasteiger partial charge on any atom is 0.0230 e. The summed E-state index contributed by atoms with van der Waals surface area (Å²) in [5.41, 5.74) is 2.92. The number of hydrogen-bond acceptors (Lipinski definition) is 1. The summed E-state index contributed by atoms with van der Waals surface area (Å²) in [6, 6.07) is 8.68. The molecule has 0 saturated heterocycles. The van der Waals surface area contributed by atoms with Crippen LogP contribution in [0.5, 0.6) is 0 Å². The predicted octanol–water partition coefficient (Wildman–Crippen LogP) is 2.87. The highest BCUT2D eigenvalue weighted by Crippen LogP contribution is 2.19. The smallest absolute Gasteiger partial charge is 0.0230 e. The molecule has 0 fully saturated rings. The molecule has 0 spiro atoms. The summed E-state index contributed by atoms with van der Waals surface area (Å²) in [6.45, 7) is 5.53. The summed E-state index contributed by atoms with van der Waals surface area (Å²) in [5, 5.41) is 0. The van der Waals surface area contributed by atoms with Crippen molar-refractivity contribution in [3.63, 3.8) is 0 Å². The standard InChI is InChI=1S/C12H19N/c1-10(2)12-8-6-5-7-11(12)9-13(3)4/h5-8,10H,9H2,1-4H3. The van der Waals surface area contributed by atoms with Gasteiger partial charge in [-0.25, -0.2) is 0 Å². The van der Waals surface area contributed by atoms with Gasteiger partial charge in [-0.2, -0.15) is 0 Å². The van der Waals surface area contributed by atoms with Crippen LogP contribution in [-0.4, -0.2) is 19.0 Å². The van der Waals surface area contributed by atoms with Crippen LogP contribution in [0.4, 0.5) is 0 Å². The summed E-state index contributed by atoms with van der Waals surface area (Å²) in [7, 11) is 4.22. The normalized spacial score (nSPS) is 11.2. The number of rotatable bonds is 3. The molecule has 0 saturated carbocycles. The quantitative estimate of drug-likeness (QED) is 0.686. The molecule has 13 heavy (non-hydrogen) atoms. The Kier molecular flexibility index (Phi) is 3.49. The Labute approximate surface area is 81.4 Å². The van der Waals surface area contributed by atoms with Gasteiger partial charge in [-0.15, -0.1) is 0 Å². The second-order valence-electron chi connectivity index (χ2n) is 4.09. The molecular formula is C12H19N. The fourth-order valence-corrected chi connectivity index (χ4v) is 1.58. The predicted molar refractivity (Wildman–Crippen MR) is 57.9 cm³/mol. The molecule has 1 aromatic carbocycles. The Balaban J connectivity index is 2.91. The minimum Gasteiger partial charge on any atom is -0.305 e. The Morgan fingerprint density at radius 3 is 2.31 bits per heavy atom. The van der Waals surface area contributed by atoms with E-state index < -0.39 is 0 Å². The van der Waals surface area contributed by atoms with Crippen molar-refractivity contribution in [3.05, 3.63) is 35.4 Å². The van der Waals surface area contributed by atoms with E-state index in [0.29, 0.717) is 5.92 Å². The molecule has 0 heterocycles. The van der Waals surface area contributed by atoms with E-state index in [1.807, 2.05) is 0 Å². The third-order valence-corrected chi connectivity index (χ3v) is 2.16. The van der Waals surface area contributed by atoms with E-state index in [9.17, 15) is 0 Å². The second kappa shape index (κ2) is 4.43. The molecule has 0 bridgehead atoms. The van der Waals surface area contributed by atoms with Gasteiger partial charge in [-0.05, 0) is 31.1 Å². The molecule has 1 heteroatoms. The zero-order valence-corrected chi connectivity index (χ0v) is 9.04. The van der Waals surface area contributed by atoms with Crippen LogP contribution in [0.2, 0.25) is 0 Å². The molecule has 0 unspecified atom stereocenters. The van der Waals surface area contributed by atoms with Gasteiger partial charge in [-0.3, -0.25) is 0 Å². The first-order valence-electron chi connectivity index (χ1n) is 4.83. The average molecular weight is 177 g/mol. The lowest BCUT2D eigenvalue weighted by Gasteiger charge is -2.16. The first-order chi connectivity index (χ1) is 6.11. The van der Waals surface area contributed by atoms with Crippen molar-refractivity contribution in [2.45, 2.75) is 26.3 Å². The van der Waals surface area contributed by atoms with E-state index in [1.165, 1.54) is 11.1 Å². The lowest BCUT2D eigenvalue weighted by Crippen LogP contribution is -2.12. The van der Waals surface area contributed by atoms with Crippen molar-refractivity contribution in [3.8, 4) is 0 Å². The van der Waals surface area contributed by atoms with E-state index in [1.54, 1.807) is 0 Å². The SMILES string of the molecule is CC(C)c1ccccc1CN(C)C. The summed E-state index contributed by atoms with van der Waals surface area (Å²) < 4.78 is 0. The Bertz CT molecular complexity index is 264. The minimum atomic E-state index is 0.621. The molecule has 0 N–H and O–H groups in total. The lowest BCUT2D eigenvalue weighted by molar-refractivity contribution is 0.400. The molecule has 0 aliphatic heterocycles. The molecule has 0 aliphatic carbocycles. The lowest BCUT2D eigenvalue weighted by atomic mass is 9.97. The van der Waals surface area contributed by atoms with Crippen LogP contribution in [0.25, 0.3) is 0 Å². The highest BCUT2D eigenvalue weighted by Gasteiger charge is 2.05. The van der Waals surface area contributed by atoms with Gasteiger partial charge >= 0.3 is 0 Å². The Morgan fingerprint density at radius 1 is 1.15 bits per heavy atom. The fourth-order valence-electron chi connectivity index (χ4n) is 1.58. The van der Waals surface area contributed by atoms with Crippen molar-refractivity contribution in [1.82, 2.24) is 4.90 Å². The molecule has 0 radical (unpaired) electrons. The van der Waals surface area contributed by atoms with Crippen molar-refractivity contribution >= 4 is 0 Å². The maximum atomic E-state index is 2.24. The van der Waals surface area contributed by atoms with Crippen LogP contribution >= 0.6 is 0 Å². The van der Waals surface area contributed by atoms with Crippen LogP contribution in [0.15, 0.2) is 24.3 Å². The second-order valence-corrected chi connectivity index (χ2v) is 4.09. The molecule has 1 rings (SSSR count). The van der Waals surface area contributed by atoms with Crippen molar-refractivity contribution in [2.75, 3.05) is 14.1 Å². The topological polar surface area (TPSA) is 3.24 Å². The van der Waals surface area contributed by atoms with E-state index in [-0.39, 0.29) is 0 Å². The number of hydrogen-bond donors (Lipinski definition) is 0. The molecule has 0 aliphatic rings.